The first-order valence-electron chi connectivity index (χ1n) is 6.19. The van der Waals surface area contributed by atoms with Crippen LogP contribution in [0.5, 0.6) is 0 Å². The molecule has 19 heavy (non-hydrogen) atoms. The van der Waals surface area contributed by atoms with Gasteiger partial charge in [-0.05, 0) is 21.0 Å². The van der Waals surface area contributed by atoms with Crippen molar-refractivity contribution >= 4 is 0 Å². The SMILES string of the molecule is Cc1cn([C@@H]2C[C@H](N(C)C)[C@H](CO)O2)c(=O)[nH]c1=O. The van der Waals surface area contributed by atoms with Crippen LogP contribution in [0.3, 0.4) is 0 Å². The predicted molar refractivity (Wildman–Crippen MR) is 69.1 cm³/mol. The minimum atomic E-state index is -0.489. The lowest BCUT2D eigenvalue weighted by Crippen LogP contribution is -2.37. The van der Waals surface area contributed by atoms with Gasteiger partial charge in [0.15, 0.2) is 0 Å². The van der Waals surface area contributed by atoms with Crippen LogP contribution in [0.2, 0.25) is 0 Å². The summed E-state index contributed by atoms with van der Waals surface area (Å²) < 4.78 is 7.07. The molecule has 0 spiro atoms. The molecule has 0 bridgehead atoms. The first kappa shape index (κ1) is 14.0. The van der Waals surface area contributed by atoms with Crippen molar-refractivity contribution in [2.75, 3.05) is 20.7 Å². The second kappa shape index (κ2) is 5.28. The summed E-state index contributed by atoms with van der Waals surface area (Å²) in [6.45, 7) is 1.53. The molecule has 2 heterocycles. The van der Waals surface area contributed by atoms with E-state index in [1.807, 2.05) is 19.0 Å². The van der Waals surface area contributed by atoms with Gasteiger partial charge in [-0.2, -0.15) is 0 Å². The van der Waals surface area contributed by atoms with E-state index in [0.717, 1.165) is 0 Å². The third kappa shape index (κ3) is 2.63. The standard InChI is InChI=1S/C12H19N3O4/c1-7-5-15(12(18)13-11(7)17)10-4-8(14(2)3)9(6-16)19-10/h5,8-10,16H,4,6H2,1-3H3,(H,13,17,18)/t8-,9-,10-/m0/s1. The Labute approximate surface area is 110 Å². The van der Waals surface area contributed by atoms with Gasteiger partial charge in [0, 0.05) is 24.2 Å². The lowest BCUT2D eigenvalue weighted by Gasteiger charge is -2.22. The van der Waals surface area contributed by atoms with E-state index in [1.54, 1.807) is 6.92 Å². The van der Waals surface area contributed by atoms with Gasteiger partial charge >= 0.3 is 5.69 Å². The van der Waals surface area contributed by atoms with Crippen molar-refractivity contribution in [2.45, 2.75) is 31.7 Å². The highest BCUT2D eigenvalue weighted by molar-refractivity contribution is 5.02. The number of aliphatic hydroxyl groups excluding tert-OH is 1. The average molecular weight is 269 g/mol. The monoisotopic (exact) mass is 269 g/mol. The molecule has 0 radical (unpaired) electrons. The number of nitrogens with zero attached hydrogens (tertiary/aromatic N) is 2. The van der Waals surface area contributed by atoms with Crippen LogP contribution in [-0.4, -0.2) is 52.4 Å². The Bertz CT molecular complexity index is 563. The molecular weight excluding hydrogens is 250 g/mol. The number of H-pyrrole nitrogens is 1. The van der Waals surface area contributed by atoms with E-state index in [4.69, 9.17) is 4.74 Å². The Morgan fingerprint density at radius 2 is 2.21 bits per heavy atom. The molecule has 0 amide bonds. The average Bonchev–Trinajstić information content (AvgIpc) is 2.77. The largest absolute Gasteiger partial charge is 0.394 e. The number of hydrogen-bond acceptors (Lipinski definition) is 5. The van der Waals surface area contributed by atoms with E-state index in [-0.39, 0.29) is 24.3 Å². The summed E-state index contributed by atoms with van der Waals surface area (Å²) in [6.07, 6.45) is 1.29. The number of hydrogen-bond donors (Lipinski definition) is 2. The van der Waals surface area contributed by atoms with Crippen molar-refractivity contribution in [2.24, 2.45) is 0 Å². The summed E-state index contributed by atoms with van der Waals surface area (Å²) in [5.41, 5.74) is -0.420. The van der Waals surface area contributed by atoms with E-state index < -0.39 is 11.9 Å². The molecule has 0 aliphatic carbocycles. The molecule has 3 atom stereocenters. The molecule has 1 fully saturated rings. The topological polar surface area (TPSA) is 87.6 Å². The highest BCUT2D eigenvalue weighted by atomic mass is 16.5. The lowest BCUT2D eigenvalue weighted by molar-refractivity contribution is -0.0353. The number of ether oxygens (including phenoxy) is 1. The molecule has 1 aliphatic rings. The normalized spacial score (nSPS) is 27.1. The van der Waals surface area contributed by atoms with Crippen LogP contribution < -0.4 is 11.2 Å². The number of aromatic amines is 1. The fourth-order valence-corrected chi connectivity index (χ4v) is 2.39. The molecule has 7 heteroatoms. The summed E-state index contributed by atoms with van der Waals surface area (Å²) in [5, 5.41) is 9.32. The van der Waals surface area contributed by atoms with Crippen LogP contribution in [0.1, 0.15) is 18.2 Å². The molecule has 1 aromatic rings. The second-order valence-corrected chi connectivity index (χ2v) is 5.06. The second-order valence-electron chi connectivity index (χ2n) is 5.06. The molecule has 106 valence electrons. The van der Waals surface area contributed by atoms with Gasteiger partial charge < -0.3 is 14.7 Å². The lowest BCUT2D eigenvalue weighted by atomic mass is 10.1. The van der Waals surface area contributed by atoms with Crippen molar-refractivity contribution in [3.05, 3.63) is 32.6 Å². The number of rotatable bonds is 3. The van der Waals surface area contributed by atoms with Crippen molar-refractivity contribution in [1.29, 1.82) is 0 Å². The summed E-state index contributed by atoms with van der Waals surface area (Å²) in [7, 11) is 3.81. The van der Waals surface area contributed by atoms with E-state index in [1.165, 1.54) is 10.8 Å². The zero-order valence-electron chi connectivity index (χ0n) is 11.3. The maximum atomic E-state index is 11.8. The smallest absolute Gasteiger partial charge is 0.330 e. The van der Waals surface area contributed by atoms with E-state index in [0.29, 0.717) is 12.0 Å². The quantitative estimate of drug-likeness (QED) is 0.739. The van der Waals surface area contributed by atoms with Gasteiger partial charge in [0.1, 0.15) is 6.23 Å². The summed E-state index contributed by atoms with van der Waals surface area (Å²) >= 11 is 0. The molecule has 1 saturated heterocycles. The van der Waals surface area contributed by atoms with Gasteiger partial charge in [-0.1, -0.05) is 0 Å². The van der Waals surface area contributed by atoms with Crippen molar-refractivity contribution in [1.82, 2.24) is 14.5 Å². The Hall–Kier alpha value is -1.44. The fraction of sp³-hybridized carbons (Fsp3) is 0.667. The first-order chi connectivity index (χ1) is 8.93. The van der Waals surface area contributed by atoms with Crippen LogP contribution in [0, 0.1) is 6.92 Å². The predicted octanol–water partition coefficient (Wildman–Crippen LogP) is -0.945. The van der Waals surface area contributed by atoms with Gasteiger partial charge in [0.05, 0.1) is 12.7 Å². The molecule has 2 rings (SSSR count). The fourth-order valence-electron chi connectivity index (χ4n) is 2.39. The molecule has 0 saturated carbocycles. The van der Waals surface area contributed by atoms with Crippen molar-refractivity contribution in [3.63, 3.8) is 0 Å². The molecule has 2 N–H and O–H groups in total. The van der Waals surface area contributed by atoms with E-state index in [9.17, 15) is 14.7 Å². The third-order valence-electron chi connectivity index (χ3n) is 3.50. The van der Waals surface area contributed by atoms with Crippen LogP contribution in [0.25, 0.3) is 0 Å². The maximum absolute atomic E-state index is 11.8. The van der Waals surface area contributed by atoms with Crippen molar-refractivity contribution in [3.8, 4) is 0 Å². The number of aliphatic hydroxyl groups is 1. The zero-order chi connectivity index (χ0) is 14.2. The summed E-state index contributed by atoms with van der Waals surface area (Å²) in [4.78, 5) is 27.4. The zero-order valence-corrected chi connectivity index (χ0v) is 11.3. The van der Waals surface area contributed by atoms with Crippen LogP contribution in [-0.2, 0) is 4.74 Å². The van der Waals surface area contributed by atoms with Gasteiger partial charge in [0.25, 0.3) is 5.56 Å². The molecule has 1 aromatic heterocycles. The highest BCUT2D eigenvalue weighted by Gasteiger charge is 2.37. The number of likely N-dealkylation sites (N-methyl/N-ethyl adjacent to an activating group) is 1. The molecule has 0 aromatic carbocycles. The minimum absolute atomic E-state index is 0.0362. The van der Waals surface area contributed by atoms with Gasteiger partial charge in [-0.25, -0.2) is 4.79 Å². The van der Waals surface area contributed by atoms with Crippen LogP contribution in [0.15, 0.2) is 15.8 Å². The van der Waals surface area contributed by atoms with Crippen molar-refractivity contribution < 1.29 is 9.84 Å². The Balaban J connectivity index is 2.32. The van der Waals surface area contributed by atoms with Gasteiger partial charge in [0.2, 0.25) is 0 Å². The Kier molecular flexibility index (Phi) is 3.88. The number of aryl methyl sites for hydroxylation is 1. The molecule has 7 nitrogen and oxygen atoms in total. The molecule has 1 aliphatic heterocycles. The van der Waals surface area contributed by atoms with Gasteiger partial charge in [-0.15, -0.1) is 0 Å². The molecule has 0 unspecified atom stereocenters. The molecular formula is C12H19N3O4. The first-order valence-corrected chi connectivity index (χ1v) is 6.19. The van der Waals surface area contributed by atoms with E-state index >= 15 is 0 Å². The van der Waals surface area contributed by atoms with Gasteiger partial charge in [-0.3, -0.25) is 14.3 Å². The highest BCUT2D eigenvalue weighted by Crippen LogP contribution is 2.29. The minimum Gasteiger partial charge on any atom is -0.394 e. The summed E-state index contributed by atoms with van der Waals surface area (Å²) in [5.74, 6) is 0. The third-order valence-corrected chi connectivity index (χ3v) is 3.50. The summed E-state index contributed by atoms with van der Waals surface area (Å²) in [6, 6.07) is 0.0362. The van der Waals surface area contributed by atoms with Crippen LogP contribution >= 0.6 is 0 Å². The Morgan fingerprint density at radius 3 is 2.74 bits per heavy atom. The number of nitrogens with one attached hydrogen (secondary N) is 1. The van der Waals surface area contributed by atoms with E-state index in [2.05, 4.69) is 4.98 Å². The maximum Gasteiger partial charge on any atom is 0.330 e. The Morgan fingerprint density at radius 1 is 1.53 bits per heavy atom. The number of aromatic nitrogens is 2. The van der Waals surface area contributed by atoms with Crippen LogP contribution in [0.4, 0.5) is 0 Å².